The first kappa shape index (κ1) is 22.8. The van der Waals surface area contributed by atoms with Gasteiger partial charge in [0.2, 0.25) is 11.8 Å². The summed E-state index contributed by atoms with van der Waals surface area (Å²) in [6.45, 7) is 8.75. The third-order valence-corrected chi connectivity index (χ3v) is 5.78. The van der Waals surface area contributed by atoms with Gasteiger partial charge in [0.05, 0.1) is 11.4 Å². The van der Waals surface area contributed by atoms with Gasteiger partial charge in [0.15, 0.2) is 0 Å². The summed E-state index contributed by atoms with van der Waals surface area (Å²) in [4.78, 5) is 27.7. The number of rotatable bonds is 7. The molecular weight excluding hydrogens is 412 g/mol. The van der Waals surface area contributed by atoms with E-state index in [0.29, 0.717) is 12.4 Å². The number of aryl methyl sites for hydroxylation is 1. The summed E-state index contributed by atoms with van der Waals surface area (Å²) in [5.41, 5.74) is 3.72. The topological polar surface area (TPSA) is 67.2 Å². The van der Waals surface area contributed by atoms with Crippen LogP contribution in [0, 0.1) is 12.8 Å². The van der Waals surface area contributed by atoms with Crippen molar-refractivity contribution in [3.63, 3.8) is 0 Å². The molecular formula is C27H32N4O2. The fourth-order valence-electron chi connectivity index (χ4n) is 3.75. The Hall–Kier alpha value is -3.41. The van der Waals surface area contributed by atoms with Gasteiger partial charge in [0.25, 0.3) is 0 Å². The minimum atomic E-state index is -0.228. The van der Waals surface area contributed by atoms with Gasteiger partial charge in [-0.15, -0.1) is 0 Å². The molecule has 4 rings (SSSR count). The second-order valence-corrected chi connectivity index (χ2v) is 9.92. The number of hydrogen-bond acceptors (Lipinski definition) is 3. The first-order valence-corrected chi connectivity index (χ1v) is 11.5. The molecule has 3 aromatic rings. The van der Waals surface area contributed by atoms with Gasteiger partial charge in [-0.2, -0.15) is 5.10 Å². The molecule has 1 N–H and O–H groups in total. The Balaban J connectivity index is 1.57. The van der Waals surface area contributed by atoms with E-state index in [0.717, 1.165) is 35.3 Å². The van der Waals surface area contributed by atoms with E-state index in [1.165, 1.54) is 0 Å². The molecule has 0 saturated heterocycles. The van der Waals surface area contributed by atoms with E-state index in [-0.39, 0.29) is 29.7 Å². The molecule has 1 aliphatic rings. The van der Waals surface area contributed by atoms with Gasteiger partial charge in [-0.3, -0.25) is 9.59 Å². The minimum Gasteiger partial charge on any atom is -0.329 e. The Bertz CT molecular complexity index is 1140. The first-order valence-electron chi connectivity index (χ1n) is 11.5. The molecule has 0 unspecified atom stereocenters. The molecule has 2 aromatic carbocycles. The lowest BCUT2D eigenvalue weighted by molar-refractivity contribution is -0.136. The van der Waals surface area contributed by atoms with Crippen molar-refractivity contribution in [2.75, 3.05) is 11.9 Å². The van der Waals surface area contributed by atoms with Gasteiger partial charge >= 0.3 is 0 Å². The number of nitrogens with zero attached hydrogens (tertiary/aromatic N) is 3. The molecule has 1 aromatic heterocycles. The molecule has 0 spiro atoms. The van der Waals surface area contributed by atoms with Crippen LogP contribution in [0.15, 0.2) is 60.7 Å². The van der Waals surface area contributed by atoms with Gasteiger partial charge in [-0.25, -0.2) is 4.68 Å². The summed E-state index contributed by atoms with van der Waals surface area (Å²) >= 11 is 0. The molecule has 0 atom stereocenters. The quantitative estimate of drug-likeness (QED) is 0.566. The Morgan fingerprint density at radius 2 is 1.79 bits per heavy atom. The van der Waals surface area contributed by atoms with Crippen molar-refractivity contribution in [1.29, 1.82) is 0 Å². The fourth-order valence-corrected chi connectivity index (χ4v) is 3.75. The minimum absolute atomic E-state index is 0.00801. The third kappa shape index (κ3) is 5.69. The SMILES string of the molecule is Cc1cccc(-n2nc(C(C)(C)C)cc2NC(=O)CN(Cc2ccccc2)C(=O)C2CC2)c1. The van der Waals surface area contributed by atoms with E-state index in [2.05, 4.69) is 26.1 Å². The van der Waals surface area contributed by atoms with Crippen molar-refractivity contribution in [1.82, 2.24) is 14.7 Å². The molecule has 6 heteroatoms. The van der Waals surface area contributed by atoms with E-state index in [1.807, 2.05) is 67.6 Å². The third-order valence-electron chi connectivity index (χ3n) is 5.78. The number of benzene rings is 2. The zero-order valence-corrected chi connectivity index (χ0v) is 19.8. The van der Waals surface area contributed by atoms with Gasteiger partial charge < -0.3 is 10.2 Å². The molecule has 0 aliphatic heterocycles. The van der Waals surface area contributed by atoms with E-state index < -0.39 is 0 Å². The average Bonchev–Trinajstić information content (AvgIpc) is 3.52. The number of hydrogen-bond donors (Lipinski definition) is 1. The van der Waals surface area contributed by atoms with Crippen LogP contribution in [0.4, 0.5) is 5.82 Å². The summed E-state index contributed by atoms with van der Waals surface area (Å²) in [6, 6.07) is 19.7. The van der Waals surface area contributed by atoms with Crippen LogP contribution in [0.2, 0.25) is 0 Å². The molecule has 6 nitrogen and oxygen atoms in total. The Labute approximate surface area is 195 Å². The molecule has 2 amide bonds. The normalized spacial score (nSPS) is 13.6. The van der Waals surface area contributed by atoms with Crippen LogP contribution in [0.25, 0.3) is 5.69 Å². The van der Waals surface area contributed by atoms with Crippen molar-refractivity contribution < 1.29 is 9.59 Å². The lowest BCUT2D eigenvalue weighted by Crippen LogP contribution is -2.38. The summed E-state index contributed by atoms with van der Waals surface area (Å²) in [7, 11) is 0. The zero-order valence-electron chi connectivity index (χ0n) is 19.8. The Morgan fingerprint density at radius 3 is 2.42 bits per heavy atom. The van der Waals surface area contributed by atoms with E-state index in [9.17, 15) is 9.59 Å². The highest BCUT2D eigenvalue weighted by atomic mass is 16.2. The van der Waals surface area contributed by atoms with Crippen LogP contribution in [-0.2, 0) is 21.5 Å². The standard InChI is InChI=1S/C27H32N4O2/c1-19-9-8-12-22(15-19)31-24(16-23(29-31)27(2,3)4)28-25(32)18-30(26(33)21-13-14-21)17-20-10-6-5-7-11-20/h5-12,15-16,21H,13-14,17-18H2,1-4H3,(H,28,32). The highest BCUT2D eigenvalue weighted by Crippen LogP contribution is 2.31. The van der Waals surface area contributed by atoms with E-state index in [1.54, 1.807) is 9.58 Å². The highest BCUT2D eigenvalue weighted by Gasteiger charge is 2.34. The zero-order chi connectivity index (χ0) is 23.6. The largest absolute Gasteiger partial charge is 0.329 e. The van der Waals surface area contributed by atoms with Crippen LogP contribution in [0.5, 0.6) is 0 Å². The fraction of sp³-hybridized carbons (Fsp3) is 0.370. The maximum Gasteiger partial charge on any atom is 0.245 e. The number of aromatic nitrogens is 2. The Morgan fingerprint density at radius 1 is 1.06 bits per heavy atom. The number of carbonyl (C=O) groups excluding carboxylic acids is 2. The van der Waals surface area contributed by atoms with Crippen molar-refractivity contribution in [3.8, 4) is 5.69 Å². The summed E-state index contributed by atoms with van der Waals surface area (Å²) in [6.07, 6.45) is 1.81. The van der Waals surface area contributed by atoms with Crippen LogP contribution in [0.1, 0.15) is 50.4 Å². The van der Waals surface area contributed by atoms with Gasteiger partial charge in [0.1, 0.15) is 12.4 Å². The summed E-state index contributed by atoms with van der Waals surface area (Å²) in [5.74, 6) is 0.478. The van der Waals surface area contributed by atoms with Gasteiger partial charge in [-0.05, 0) is 43.0 Å². The predicted octanol–water partition coefficient (Wildman–Crippen LogP) is 4.86. The number of carbonyl (C=O) groups is 2. The predicted molar refractivity (Wildman–Crippen MR) is 130 cm³/mol. The molecule has 172 valence electrons. The molecule has 1 saturated carbocycles. The lowest BCUT2D eigenvalue weighted by Gasteiger charge is -2.22. The number of nitrogens with one attached hydrogen (secondary N) is 1. The number of amides is 2. The van der Waals surface area contributed by atoms with E-state index in [4.69, 9.17) is 5.10 Å². The molecule has 33 heavy (non-hydrogen) atoms. The van der Waals surface area contributed by atoms with Crippen molar-refractivity contribution in [2.45, 2.75) is 52.5 Å². The van der Waals surface area contributed by atoms with Crippen LogP contribution in [-0.4, -0.2) is 33.0 Å². The Kier molecular flexibility index (Phi) is 6.36. The van der Waals surface area contributed by atoms with Crippen LogP contribution in [0.3, 0.4) is 0 Å². The molecule has 0 radical (unpaired) electrons. The molecule has 0 bridgehead atoms. The number of anilines is 1. The molecule has 1 fully saturated rings. The van der Waals surface area contributed by atoms with E-state index >= 15 is 0 Å². The van der Waals surface area contributed by atoms with Crippen molar-refractivity contribution >= 4 is 17.6 Å². The van der Waals surface area contributed by atoms with Gasteiger partial charge in [0, 0.05) is 23.9 Å². The summed E-state index contributed by atoms with van der Waals surface area (Å²) in [5, 5.41) is 7.81. The van der Waals surface area contributed by atoms with Crippen molar-refractivity contribution in [3.05, 3.63) is 77.5 Å². The monoisotopic (exact) mass is 444 g/mol. The maximum absolute atomic E-state index is 13.1. The smallest absolute Gasteiger partial charge is 0.245 e. The maximum atomic E-state index is 13.1. The summed E-state index contributed by atoms with van der Waals surface area (Å²) < 4.78 is 1.77. The highest BCUT2D eigenvalue weighted by molar-refractivity contribution is 5.94. The molecule has 1 aliphatic carbocycles. The lowest BCUT2D eigenvalue weighted by atomic mass is 9.92. The van der Waals surface area contributed by atoms with Gasteiger partial charge in [-0.1, -0.05) is 63.2 Å². The second-order valence-electron chi connectivity index (χ2n) is 9.92. The van der Waals surface area contributed by atoms with Crippen molar-refractivity contribution in [2.24, 2.45) is 5.92 Å². The van der Waals surface area contributed by atoms with Crippen LogP contribution < -0.4 is 5.32 Å². The van der Waals surface area contributed by atoms with Crippen LogP contribution >= 0.6 is 0 Å². The average molecular weight is 445 g/mol. The molecule has 1 heterocycles. The second kappa shape index (κ2) is 9.22. The first-order chi connectivity index (χ1) is 15.7.